The molecule has 2 rings (SSSR count). The van der Waals surface area contributed by atoms with E-state index in [1.165, 1.54) is 24.3 Å². The minimum atomic E-state index is -1.26. The SMILES string of the molecule is N#Cc1ccc(Nc2cc(F)cc(F)c2F)cc1. The van der Waals surface area contributed by atoms with Crippen molar-refractivity contribution in [3.05, 3.63) is 59.4 Å². The molecule has 0 aromatic heterocycles. The summed E-state index contributed by atoms with van der Waals surface area (Å²) < 4.78 is 39.3. The van der Waals surface area contributed by atoms with Gasteiger partial charge in [0.1, 0.15) is 5.82 Å². The van der Waals surface area contributed by atoms with Crippen molar-refractivity contribution in [2.45, 2.75) is 0 Å². The van der Waals surface area contributed by atoms with Gasteiger partial charge in [0, 0.05) is 17.8 Å². The van der Waals surface area contributed by atoms with Crippen LogP contribution in [-0.4, -0.2) is 0 Å². The molecule has 0 heterocycles. The molecule has 0 saturated carbocycles. The fourth-order valence-electron chi connectivity index (χ4n) is 1.43. The van der Waals surface area contributed by atoms with Crippen molar-refractivity contribution in [3.63, 3.8) is 0 Å². The Balaban J connectivity index is 2.31. The number of halogens is 3. The third kappa shape index (κ3) is 2.43. The van der Waals surface area contributed by atoms with Crippen LogP contribution in [0.3, 0.4) is 0 Å². The summed E-state index contributed by atoms with van der Waals surface area (Å²) in [5, 5.41) is 11.1. The molecule has 0 aliphatic carbocycles. The lowest BCUT2D eigenvalue weighted by Crippen LogP contribution is -1.97. The molecule has 0 spiro atoms. The fourth-order valence-corrected chi connectivity index (χ4v) is 1.43. The third-order valence-corrected chi connectivity index (χ3v) is 2.29. The molecule has 2 aromatic carbocycles. The zero-order chi connectivity index (χ0) is 13.1. The first kappa shape index (κ1) is 12.0. The summed E-state index contributed by atoms with van der Waals surface area (Å²) in [5.41, 5.74) is 0.571. The van der Waals surface area contributed by atoms with Gasteiger partial charge in [-0.25, -0.2) is 13.2 Å². The maximum absolute atomic E-state index is 13.4. The number of nitrogens with zero attached hydrogens (tertiary/aromatic N) is 1. The fraction of sp³-hybridized carbons (Fsp3) is 0. The lowest BCUT2D eigenvalue weighted by molar-refractivity contribution is 0.498. The van der Waals surface area contributed by atoms with Crippen LogP contribution in [0.25, 0.3) is 0 Å². The van der Waals surface area contributed by atoms with E-state index in [0.29, 0.717) is 17.3 Å². The van der Waals surface area contributed by atoms with E-state index in [1.807, 2.05) is 6.07 Å². The minimum absolute atomic E-state index is 0.294. The topological polar surface area (TPSA) is 35.8 Å². The molecule has 0 bridgehead atoms. The molecule has 2 nitrogen and oxygen atoms in total. The smallest absolute Gasteiger partial charge is 0.182 e. The first-order chi connectivity index (χ1) is 8.60. The Kier molecular flexibility index (Phi) is 3.20. The predicted octanol–water partition coefficient (Wildman–Crippen LogP) is 3.72. The van der Waals surface area contributed by atoms with Crippen molar-refractivity contribution < 1.29 is 13.2 Å². The molecule has 0 saturated heterocycles. The average Bonchev–Trinajstić information content (AvgIpc) is 2.36. The first-order valence-electron chi connectivity index (χ1n) is 5.02. The van der Waals surface area contributed by atoms with E-state index >= 15 is 0 Å². The number of benzene rings is 2. The van der Waals surface area contributed by atoms with Gasteiger partial charge in [-0.05, 0) is 24.3 Å². The third-order valence-electron chi connectivity index (χ3n) is 2.29. The molecular weight excluding hydrogens is 241 g/mol. The Hall–Kier alpha value is -2.48. The lowest BCUT2D eigenvalue weighted by Gasteiger charge is -2.08. The van der Waals surface area contributed by atoms with E-state index in [0.717, 1.165) is 6.07 Å². The molecule has 0 fully saturated rings. The van der Waals surface area contributed by atoms with E-state index in [-0.39, 0.29) is 5.69 Å². The van der Waals surface area contributed by atoms with Gasteiger partial charge in [-0.2, -0.15) is 5.26 Å². The summed E-state index contributed by atoms with van der Waals surface area (Å²) in [7, 11) is 0. The Bertz CT molecular complexity index is 615. The van der Waals surface area contributed by atoms with E-state index in [9.17, 15) is 13.2 Å². The second-order valence-electron chi connectivity index (χ2n) is 3.56. The summed E-state index contributed by atoms with van der Waals surface area (Å²) >= 11 is 0. The van der Waals surface area contributed by atoms with Crippen LogP contribution in [0, 0.1) is 28.8 Å². The van der Waals surface area contributed by atoms with Crippen molar-refractivity contribution in [2.75, 3.05) is 5.32 Å². The van der Waals surface area contributed by atoms with Crippen LogP contribution in [0.15, 0.2) is 36.4 Å². The van der Waals surface area contributed by atoms with Crippen molar-refractivity contribution in [3.8, 4) is 6.07 Å². The van der Waals surface area contributed by atoms with Crippen LogP contribution in [0.1, 0.15) is 5.56 Å². The summed E-state index contributed by atoms with van der Waals surface area (Å²) in [6.45, 7) is 0. The van der Waals surface area contributed by atoms with Gasteiger partial charge in [-0.1, -0.05) is 0 Å². The van der Waals surface area contributed by atoms with Crippen LogP contribution in [-0.2, 0) is 0 Å². The monoisotopic (exact) mass is 248 g/mol. The molecule has 0 unspecified atom stereocenters. The zero-order valence-electron chi connectivity index (χ0n) is 9.05. The number of nitriles is 1. The molecule has 5 heteroatoms. The van der Waals surface area contributed by atoms with Gasteiger partial charge < -0.3 is 5.32 Å². The second kappa shape index (κ2) is 4.80. The molecule has 0 radical (unpaired) electrons. The molecule has 0 amide bonds. The summed E-state index contributed by atoms with van der Waals surface area (Å²) in [6, 6.07) is 9.30. The molecule has 90 valence electrons. The van der Waals surface area contributed by atoms with Gasteiger partial charge >= 0.3 is 0 Å². The predicted molar refractivity (Wildman–Crippen MR) is 60.8 cm³/mol. The molecule has 18 heavy (non-hydrogen) atoms. The van der Waals surface area contributed by atoms with Gasteiger partial charge in [0.05, 0.1) is 17.3 Å². The van der Waals surface area contributed by atoms with E-state index < -0.39 is 17.5 Å². The zero-order valence-corrected chi connectivity index (χ0v) is 9.05. The lowest BCUT2D eigenvalue weighted by atomic mass is 10.2. The number of nitrogens with one attached hydrogen (secondary N) is 1. The molecule has 0 aliphatic heterocycles. The van der Waals surface area contributed by atoms with Gasteiger partial charge in [-0.3, -0.25) is 0 Å². The van der Waals surface area contributed by atoms with Crippen molar-refractivity contribution in [1.29, 1.82) is 5.26 Å². The largest absolute Gasteiger partial charge is 0.353 e. The van der Waals surface area contributed by atoms with Gasteiger partial charge in [0.15, 0.2) is 11.6 Å². The summed E-state index contributed by atoms with van der Waals surface area (Å²) in [6.07, 6.45) is 0. The number of hydrogen-bond acceptors (Lipinski definition) is 2. The van der Waals surface area contributed by atoms with Crippen LogP contribution < -0.4 is 5.32 Å². The summed E-state index contributed by atoms with van der Waals surface area (Å²) in [5.74, 6) is -3.28. The van der Waals surface area contributed by atoms with Gasteiger partial charge in [0.2, 0.25) is 0 Å². The Morgan fingerprint density at radius 2 is 1.67 bits per heavy atom. The Labute approximate surface area is 101 Å². The summed E-state index contributed by atoms with van der Waals surface area (Å²) in [4.78, 5) is 0. The van der Waals surface area contributed by atoms with E-state index in [4.69, 9.17) is 5.26 Å². The van der Waals surface area contributed by atoms with Crippen molar-refractivity contribution in [2.24, 2.45) is 0 Å². The van der Waals surface area contributed by atoms with Crippen molar-refractivity contribution in [1.82, 2.24) is 0 Å². The second-order valence-corrected chi connectivity index (χ2v) is 3.56. The molecule has 0 aliphatic rings. The quantitative estimate of drug-likeness (QED) is 0.822. The van der Waals surface area contributed by atoms with Gasteiger partial charge in [-0.15, -0.1) is 0 Å². The maximum atomic E-state index is 13.4. The highest BCUT2D eigenvalue weighted by atomic mass is 19.2. The van der Waals surface area contributed by atoms with Crippen LogP contribution in [0.2, 0.25) is 0 Å². The van der Waals surface area contributed by atoms with Crippen molar-refractivity contribution >= 4 is 11.4 Å². The molecule has 1 N–H and O–H groups in total. The minimum Gasteiger partial charge on any atom is -0.353 e. The number of anilines is 2. The van der Waals surface area contributed by atoms with Crippen LogP contribution >= 0.6 is 0 Å². The van der Waals surface area contributed by atoms with Crippen LogP contribution in [0.5, 0.6) is 0 Å². The highest BCUT2D eigenvalue weighted by Gasteiger charge is 2.11. The van der Waals surface area contributed by atoms with Crippen LogP contribution in [0.4, 0.5) is 24.5 Å². The molecule has 0 atom stereocenters. The molecule has 2 aromatic rings. The molecular formula is C13H7F3N2. The highest BCUT2D eigenvalue weighted by Crippen LogP contribution is 2.23. The standard InChI is InChI=1S/C13H7F3N2/c14-9-5-11(15)13(16)12(6-9)18-10-3-1-8(7-17)2-4-10/h1-6,18H. The Morgan fingerprint density at radius 1 is 1.00 bits per heavy atom. The maximum Gasteiger partial charge on any atom is 0.182 e. The first-order valence-corrected chi connectivity index (χ1v) is 5.02. The normalized spacial score (nSPS) is 9.89. The van der Waals surface area contributed by atoms with Gasteiger partial charge in [0.25, 0.3) is 0 Å². The van der Waals surface area contributed by atoms with E-state index in [2.05, 4.69) is 5.32 Å². The number of hydrogen-bond donors (Lipinski definition) is 1. The average molecular weight is 248 g/mol. The Morgan fingerprint density at radius 3 is 2.28 bits per heavy atom. The number of rotatable bonds is 2. The highest BCUT2D eigenvalue weighted by molar-refractivity contribution is 5.61. The van der Waals surface area contributed by atoms with E-state index in [1.54, 1.807) is 0 Å².